The first-order valence-corrected chi connectivity index (χ1v) is 11.5. The molecule has 3 N–H and O–H groups in total. The van der Waals surface area contributed by atoms with Gasteiger partial charge in [-0.3, -0.25) is 4.79 Å². The fraction of sp³-hybridized carbons (Fsp3) is 0.107. The number of rotatable bonds is 5. The molecule has 9 nitrogen and oxygen atoms in total. The minimum absolute atomic E-state index is 0.106. The molecule has 0 saturated carbocycles. The van der Waals surface area contributed by atoms with Crippen LogP contribution in [0.25, 0.3) is 22.2 Å². The summed E-state index contributed by atoms with van der Waals surface area (Å²) in [6.45, 7) is 3.99. The number of fused-ring (bicyclic) bond motifs is 2. The summed E-state index contributed by atoms with van der Waals surface area (Å²) in [5.74, 6) is -0.730. The zero-order chi connectivity index (χ0) is 26.1. The highest BCUT2D eigenvalue weighted by Gasteiger charge is 2.24. The Morgan fingerprint density at radius 2 is 1.68 bits per heavy atom. The van der Waals surface area contributed by atoms with Crippen LogP contribution in [0.4, 0.5) is 11.5 Å². The topological polar surface area (TPSA) is 124 Å². The van der Waals surface area contributed by atoms with Gasteiger partial charge in [-0.1, -0.05) is 30.3 Å². The minimum atomic E-state index is -0.425. The number of nitrogens with two attached hydrogens (primary N) is 1. The van der Waals surface area contributed by atoms with E-state index < -0.39 is 11.9 Å². The SMILES string of the molecule is COC(=O)c1ccc(/C=N\n2c(N)c(C(=O)Nc3ccc(C)c(C)c3)c3nc4ccccc4nc32)cc1. The standard InChI is InChI=1S/C28H24N6O3/c1-16-8-13-20(14-17(16)2)31-27(35)23-24-26(33-22-7-5-4-6-21(22)32-24)34(25(23)29)30-15-18-9-11-19(12-10-18)28(36)37-3/h4-15H,29H2,1-3H3,(H,31,35)/b30-15-. The fourth-order valence-electron chi connectivity index (χ4n) is 3.95. The number of para-hydroxylation sites is 2. The Balaban J connectivity index is 1.59. The number of hydrogen-bond donors (Lipinski definition) is 2. The van der Waals surface area contributed by atoms with Gasteiger partial charge < -0.3 is 15.8 Å². The van der Waals surface area contributed by atoms with Gasteiger partial charge in [-0.2, -0.15) is 9.78 Å². The molecule has 0 unspecified atom stereocenters. The minimum Gasteiger partial charge on any atom is -0.465 e. The van der Waals surface area contributed by atoms with E-state index in [-0.39, 0.29) is 11.4 Å². The number of nitrogen functional groups attached to an aromatic ring is 1. The first-order valence-electron chi connectivity index (χ1n) is 11.5. The van der Waals surface area contributed by atoms with E-state index in [4.69, 9.17) is 20.4 Å². The van der Waals surface area contributed by atoms with Crippen LogP contribution in [0.1, 0.15) is 37.4 Å². The molecule has 9 heteroatoms. The molecule has 2 aromatic heterocycles. The van der Waals surface area contributed by atoms with Crippen molar-refractivity contribution in [3.8, 4) is 0 Å². The molecule has 37 heavy (non-hydrogen) atoms. The predicted molar refractivity (Wildman–Crippen MR) is 144 cm³/mol. The molecular formula is C28H24N6O3. The van der Waals surface area contributed by atoms with Crippen molar-refractivity contribution >= 4 is 51.8 Å². The number of aryl methyl sites for hydroxylation is 2. The Morgan fingerprint density at radius 3 is 2.35 bits per heavy atom. The average molecular weight is 493 g/mol. The third-order valence-corrected chi connectivity index (χ3v) is 6.12. The van der Waals surface area contributed by atoms with Gasteiger partial charge in [0.05, 0.1) is 29.9 Å². The largest absolute Gasteiger partial charge is 0.465 e. The van der Waals surface area contributed by atoms with Crippen LogP contribution in [-0.4, -0.2) is 39.8 Å². The highest BCUT2D eigenvalue weighted by Crippen LogP contribution is 2.29. The quantitative estimate of drug-likeness (QED) is 0.271. The fourth-order valence-corrected chi connectivity index (χ4v) is 3.95. The molecule has 1 amide bonds. The van der Waals surface area contributed by atoms with Gasteiger partial charge in [-0.05, 0) is 66.9 Å². The molecule has 0 bridgehead atoms. The zero-order valence-corrected chi connectivity index (χ0v) is 20.5. The van der Waals surface area contributed by atoms with Crippen molar-refractivity contribution in [2.45, 2.75) is 13.8 Å². The maximum absolute atomic E-state index is 13.4. The molecule has 2 heterocycles. The number of carbonyl (C=O) groups is 2. The van der Waals surface area contributed by atoms with Gasteiger partial charge in [0.2, 0.25) is 0 Å². The summed E-state index contributed by atoms with van der Waals surface area (Å²) in [6, 6.07) is 19.8. The molecule has 5 rings (SSSR count). The van der Waals surface area contributed by atoms with E-state index in [1.54, 1.807) is 30.5 Å². The molecule has 5 aromatic rings. The summed E-state index contributed by atoms with van der Waals surface area (Å²) < 4.78 is 6.14. The molecule has 0 aliphatic carbocycles. The van der Waals surface area contributed by atoms with Crippen molar-refractivity contribution in [2.24, 2.45) is 5.10 Å². The van der Waals surface area contributed by atoms with Gasteiger partial charge in [0, 0.05) is 5.69 Å². The molecule has 184 valence electrons. The van der Waals surface area contributed by atoms with Crippen molar-refractivity contribution in [2.75, 3.05) is 18.2 Å². The summed E-state index contributed by atoms with van der Waals surface area (Å²) >= 11 is 0. The number of benzene rings is 3. The number of aromatic nitrogens is 3. The lowest BCUT2D eigenvalue weighted by molar-refractivity contribution is 0.0600. The summed E-state index contributed by atoms with van der Waals surface area (Å²) in [6.07, 6.45) is 1.57. The van der Waals surface area contributed by atoms with Crippen molar-refractivity contribution in [3.63, 3.8) is 0 Å². The van der Waals surface area contributed by atoms with Gasteiger partial charge in [0.1, 0.15) is 16.9 Å². The van der Waals surface area contributed by atoms with Crippen LogP contribution in [0.2, 0.25) is 0 Å². The summed E-state index contributed by atoms with van der Waals surface area (Å²) in [5.41, 5.74) is 12.6. The molecule has 3 aromatic carbocycles. The molecular weight excluding hydrogens is 468 g/mol. The Labute approximate surface area is 212 Å². The summed E-state index contributed by atoms with van der Waals surface area (Å²) in [5, 5.41) is 7.43. The average Bonchev–Trinajstić information content (AvgIpc) is 3.17. The second-order valence-corrected chi connectivity index (χ2v) is 8.57. The highest BCUT2D eigenvalue weighted by atomic mass is 16.5. The van der Waals surface area contributed by atoms with Crippen LogP contribution in [0.15, 0.2) is 71.8 Å². The van der Waals surface area contributed by atoms with Crippen LogP contribution in [0.5, 0.6) is 0 Å². The number of hydrogen-bond acceptors (Lipinski definition) is 7. The first kappa shape index (κ1) is 23.7. The number of methoxy groups -OCH3 is 1. The first-order chi connectivity index (χ1) is 17.9. The smallest absolute Gasteiger partial charge is 0.337 e. The molecule has 0 fully saturated rings. The third-order valence-electron chi connectivity index (χ3n) is 6.12. The summed E-state index contributed by atoms with van der Waals surface area (Å²) in [4.78, 5) is 34.5. The van der Waals surface area contributed by atoms with Crippen LogP contribution in [0, 0.1) is 13.8 Å². The number of esters is 1. The third kappa shape index (κ3) is 4.50. The lowest BCUT2D eigenvalue weighted by atomic mass is 10.1. The van der Waals surface area contributed by atoms with Gasteiger partial charge >= 0.3 is 5.97 Å². The summed E-state index contributed by atoms with van der Waals surface area (Å²) in [7, 11) is 1.33. The van der Waals surface area contributed by atoms with Gasteiger partial charge in [-0.25, -0.2) is 14.8 Å². The van der Waals surface area contributed by atoms with E-state index in [1.165, 1.54) is 11.8 Å². The van der Waals surface area contributed by atoms with Crippen LogP contribution in [0.3, 0.4) is 0 Å². The van der Waals surface area contributed by atoms with Crippen molar-refractivity contribution < 1.29 is 14.3 Å². The Hall–Kier alpha value is -5.05. The Bertz CT molecular complexity index is 1700. The Kier molecular flexibility index (Phi) is 6.10. The number of nitrogens with zero attached hydrogens (tertiary/aromatic N) is 4. The lowest BCUT2D eigenvalue weighted by Gasteiger charge is -2.08. The van der Waals surface area contributed by atoms with Crippen molar-refractivity contribution in [1.29, 1.82) is 0 Å². The van der Waals surface area contributed by atoms with Crippen LogP contribution < -0.4 is 11.1 Å². The zero-order valence-electron chi connectivity index (χ0n) is 20.5. The Morgan fingerprint density at radius 1 is 0.973 bits per heavy atom. The normalized spacial score (nSPS) is 11.3. The number of ether oxygens (including phenoxy) is 1. The molecule has 0 atom stereocenters. The van der Waals surface area contributed by atoms with E-state index in [2.05, 4.69) is 10.4 Å². The predicted octanol–water partition coefficient (Wildman–Crippen LogP) is 4.70. The number of nitrogens with one attached hydrogen (secondary N) is 1. The number of amides is 1. The van der Waals surface area contributed by atoms with Crippen molar-refractivity contribution in [1.82, 2.24) is 14.6 Å². The molecule has 0 radical (unpaired) electrons. The second-order valence-electron chi connectivity index (χ2n) is 8.57. The van der Waals surface area contributed by atoms with E-state index >= 15 is 0 Å². The van der Waals surface area contributed by atoms with Crippen molar-refractivity contribution in [3.05, 3.63) is 94.5 Å². The van der Waals surface area contributed by atoms with Crippen LogP contribution in [-0.2, 0) is 4.74 Å². The number of carbonyl (C=O) groups excluding carboxylic acids is 2. The van der Waals surface area contributed by atoms with Crippen LogP contribution >= 0.6 is 0 Å². The van der Waals surface area contributed by atoms with E-state index in [9.17, 15) is 9.59 Å². The van der Waals surface area contributed by atoms with E-state index in [0.29, 0.717) is 39.0 Å². The van der Waals surface area contributed by atoms with Gasteiger partial charge in [0.25, 0.3) is 5.91 Å². The van der Waals surface area contributed by atoms with E-state index in [0.717, 1.165) is 11.1 Å². The molecule has 0 saturated heterocycles. The maximum atomic E-state index is 13.4. The second kappa shape index (κ2) is 9.54. The highest BCUT2D eigenvalue weighted by molar-refractivity contribution is 6.16. The molecule has 0 spiro atoms. The van der Waals surface area contributed by atoms with Gasteiger partial charge in [-0.15, -0.1) is 0 Å². The number of anilines is 2. The molecule has 0 aliphatic heterocycles. The lowest BCUT2D eigenvalue weighted by Crippen LogP contribution is -2.14. The molecule has 0 aliphatic rings. The maximum Gasteiger partial charge on any atom is 0.337 e. The monoisotopic (exact) mass is 492 g/mol. The van der Waals surface area contributed by atoms with E-state index in [1.807, 2.05) is 56.3 Å². The van der Waals surface area contributed by atoms with Gasteiger partial charge in [0.15, 0.2) is 5.65 Å².